The fraction of sp³-hybridized carbons (Fsp3) is 0.207. The summed E-state index contributed by atoms with van der Waals surface area (Å²) in [6.07, 6.45) is 3.20. The molecule has 0 unspecified atom stereocenters. The van der Waals surface area contributed by atoms with Gasteiger partial charge in [-0.2, -0.15) is 18.3 Å². The lowest BCUT2D eigenvalue weighted by Gasteiger charge is -2.14. The molecule has 0 fully saturated rings. The molecule has 0 radical (unpaired) electrons. The Bertz CT molecular complexity index is 1530. The molecule has 1 aromatic carbocycles. The minimum absolute atomic E-state index is 0.0519. The molecule has 4 aromatic rings. The molecule has 0 aliphatic carbocycles. The molecule has 10 heteroatoms. The molecule has 0 amide bonds. The van der Waals surface area contributed by atoms with Crippen LogP contribution in [0.1, 0.15) is 46.1 Å². The first-order chi connectivity index (χ1) is 18.8. The zero-order valence-corrected chi connectivity index (χ0v) is 21.9. The standard InChI is InChI=1S/C29H25F3N4O2S/c1-2-38-28(37)23-18-34-36(27(23)29(30,31)32)25-5-3-4-24(35-25)26-22(14-17-39-26)11-8-19-6-9-20(10-7-19)21-12-15-33-16-13-21/h3-12,14,17-18,33H,2,13,15-16H2,1H3. The van der Waals surface area contributed by atoms with Crippen LogP contribution >= 0.6 is 11.3 Å². The molecule has 5 rings (SSSR count). The fourth-order valence-electron chi connectivity index (χ4n) is 4.36. The van der Waals surface area contributed by atoms with Gasteiger partial charge in [0, 0.05) is 6.54 Å². The number of benzene rings is 1. The summed E-state index contributed by atoms with van der Waals surface area (Å²) < 4.78 is 47.3. The number of ether oxygens (including phenoxy) is 1. The van der Waals surface area contributed by atoms with E-state index in [1.165, 1.54) is 35.5 Å². The number of carbonyl (C=O) groups excluding carboxylic acids is 1. The van der Waals surface area contributed by atoms with E-state index in [9.17, 15) is 18.0 Å². The Kier molecular flexibility index (Phi) is 7.76. The quantitative estimate of drug-likeness (QED) is 0.258. The zero-order chi connectivity index (χ0) is 27.4. The summed E-state index contributed by atoms with van der Waals surface area (Å²) in [5, 5.41) is 9.06. The number of thiophene rings is 1. The van der Waals surface area contributed by atoms with E-state index in [2.05, 4.69) is 45.7 Å². The highest BCUT2D eigenvalue weighted by molar-refractivity contribution is 7.13. The molecular formula is C29H25F3N4O2S. The van der Waals surface area contributed by atoms with Crippen molar-refractivity contribution in [2.24, 2.45) is 0 Å². The van der Waals surface area contributed by atoms with Crippen molar-refractivity contribution in [3.05, 3.63) is 94.1 Å². The van der Waals surface area contributed by atoms with Gasteiger partial charge in [0.15, 0.2) is 11.5 Å². The van der Waals surface area contributed by atoms with Crippen LogP contribution in [0.2, 0.25) is 0 Å². The Labute approximate surface area is 227 Å². The summed E-state index contributed by atoms with van der Waals surface area (Å²) >= 11 is 1.44. The van der Waals surface area contributed by atoms with Crippen LogP contribution in [-0.4, -0.2) is 40.4 Å². The predicted octanol–water partition coefficient (Wildman–Crippen LogP) is 6.74. The third-order valence-corrected chi connectivity index (χ3v) is 7.17. The monoisotopic (exact) mass is 550 g/mol. The van der Waals surface area contributed by atoms with E-state index in [-0.39, 0.29) is 12.4 Å². The number of nitrogens with one attached hydrogen (secondary N) is 1. The van der Waals surface area contributed by atoms with Gasteiger partial charge in [-0.25, -0.2) is 14.5 Å². The first-order valence-corrected chi connectivity index (χ1v) is 13.3. The van der Waals surface area contributed by atoms with Gasteiger partial charge in [-0.15, -0.1) is 11.3 Å². The van der Waals surface area contributed by atoms with Crippen molar-refractivity contribution in [2.75, 3.05) is 19.7 Å². The van der Waals surface area contributed by atoms with Crippen LogP contribution in [0.15, 0.2) is 66.2 Å². The highest BCUT2D eigenvalue weighted by Crippen LogP contribution is 2.35. The van der Waals surface area contributed by atoms with Crippen molar-refractivity contribution >= 4 is 35.0 Å². The molecule has 0 saturated carbocycles. The van der Waals surface area contributed by atoms with Crippen LogP contribution in [0.3, 0.4) is 0 Å². The lowest BCUT2D eigenvalue weighted by molar-refractivity contribution is -0.143. The zero-order valence-electron chi connectivity index (χ0n) is 21.0. The van der Waals surface area contributed by atoms with Gasteiger partial charge in [0.1, 0.15) is 5.56 Å². The highest BCUT2D eigenvalue weighted by Gasteiger charge is 2.41. The lowest BCUT2D eigenvalue weighted by atomic mass is 9.99. The minimum atomic E-state index is -4.84. The average Bonchev–Trinajstić information content (AvgIpc) is 3.61. The van der Waals surface area contributed by atoms with Crippen LogP contribution < -0.4 is 5.32 Å². The molecule has 0 bridgehead atoms. The Hall–Kier alpha value is -4.02. The van der Waals surface area contributed by atoms with Crippen molar-refractivity contribution in [1.29, 1.82) is 0 Å². The number of alkyl halides is 3. The lowest BCUT2D eigenvalue weighted by Crippen LogP contribution is -2.19. The Morgan fingerprint density at radius 3 is 2.69 bits per heavy atom. The van der Waals surface area contributed by atoms with E-state index in [1.807, 2.05) is 23.6 Å². The van der Waals surface area contributed by atoms with E-state index in [1.54, 1.807) is 12.1 Å². The maximum Gasteiger partial charge on any atom is 0.434 e. The maximum atomic E-state index is 13.9. The fourth-order valence-corrected chi connectivity index (χ4v) is 5.22. The number of nitrogens with zero attached hydrogens (tertiary/aromatic N) is 3. The summed E-state index contributed by atoms with van der Waals surface area (Å²) in [7, 11) is 0. The summed E-state index contributed by atoms with van der Waals surface area (Å²) in [6.45, 7) is 3.34. The molecule has 1 aliphatic rings. The molecule has 1 aliphatic heterocycles. The molecule has 1 N–H and O–H groups in total. The van der Waals surface area contributed by atoms with Gasteiger partial charge in [0.05, 0.1) is 23.4 Å². The van der Waals surface area contributed by atoms with Crippen LogP contribution in [-0.2, 0) is 10.9 Å². The molecule has 0 spiro atoms. The number of hydrogen-bond acceptors (Lipinski definition) is 6. The maximum absolute atomic E-state index is 13.9. The Morgan fingerprint density at radius 2 is 1.97 bits per heavy atom. The van der Waals surface area contributed by atoms with E-state index >= 15 is 0 Å². The van der Waals surface area contributed by atoms with E-state index in [0.717, 1.165) is 41.7 Å². The molecule has 0 atom stereocenters. The third kappa shape index (κ3) is 5.86. The Balaban J connectivity index is 1.42. The highest BCUT2D eigenvalue weighted by atomic mass is 32.1. The average molecular weight is 551 g/mol. The first-order valence-electron chi connectivity index (χ1n) is 12.4. The van der Waals surface area contributed by atoms with Gasteiger partial charge in [-0.1, -0.05) is 48.6 Å². The number of aromatic nitrogens is 3. The second-order valence-electron chi connectivity index (χ2n) is 8.76. The molecule has 200 valence electrons. The SMILES string of the molecule is CCOC(=O)c1cnn(-c2cccc(-c3sccc3C=Cc3ccc(C4=CCNCC4)cc3)n2)c1C(F)(F)F. The predicted molar refractivity (Wildman–Crippen MR) is 146 cm³/mol. The summed E-state index contributed by atoms with van der Waals surface area (Å²) in [6, 6.07) is 15.1. The van der Waals surface area contributed by atoms with Gasteiger partial charge in [0.2, 0.25) is 0 Å². The number of esters is 1. The van der Waals surface area contributed by atoms with E-state index in [4.69, 9.17) is 4.74 Å². The number of halogens is 3. The number of hydrogen-bond donors (Lipinski definition) is 1. The summed E-state index contributed by atoms with van der Waals surface area (Å²) in [4.78, 5) is 17.4. The Morgan fingerprint density at radius 1 is 1.15 bits per heavy atom. The number of rotatable bonds is 7. The van der Waals surface area contributed by atoms with Crippen LogP contribution in [0, 0.1) is 0 Å². The second-order valence-corrected chi connectivity index (χ2v) is 9.68. The number of pyridine rings is 1. The largest absolute Gasteiger partial charge is 0.462 e. The van der Waals surface area contributed by atoms with Crippen LogP contribution in [0.25, 0.3) is 34.1 Å². The van der Waals surface area contributed by atoms with Gasteiger partial charge in [0.25, 0.3) is 0 Å². The van der Waals surface area contributed by atoms with Gasteiger partial charge < -0.3 is 10.1 Å². The second kappa shape index (κ2) is 11.4. The smallest absolute Gasteiger partial charge is 0.434 e. The molecular weight excluding hydrogens is 525 g/mol. The topological polar surface area (TPSA) is 69.0 Å². The van der Waals surface area contributed by atoms with Crippen molar-refractivity contribution in [3.8, 4) is 16.4 Å². The number of carbonyl (C=O) groups is 1. The third-order valence-electron chi connectivity index (χ3n) is 6.21. The molecule has 6 nitrogen and oxygen atoms in total. The molecule has 0 saturated heterocycles. The molecule has 4 heterocycles. The first kappa shape index (κ1) is 26.6. The van der Waals surface area contributed by atoms with Gasteiger partial charge >= 0.3 is 12.1 Å². The van der Waals surface area contributed by atoms with E-state index < -0.39 is 23.4 Å². The summed E-state index contributed by atoms with van der Waals surface area (Å²) in [5.41, 5.74) is 3.10. The molecule has 3 aromatic heterocycles. The van der Waals surface area contributed by atoms with E-state index in [0.29, 0.717) is 10.4 Å². The van der Waals surface area contributed by atoms with Gasteiger partial charge in [-0.3, -0.25) is 0 Å². The van der Waals surface area contributed by atoms with Crippen molar-refractivity contribution in [3.63, 3.8) is 0 Å². The normalized spacial score (nSPS) is 14.0. The van der Waals surface area contributed by atoms with Crippen molar-refractivity contribution in [1.82, 2.24) is 20.1 Å². The van der Waals surface area contributed by atoms with Crippen LogP contribution in [0.5, 0.6) is 0 Å². The van der Waals surface area contributed by atoms with Crippen molar-refractivity contribution in [2.45, 2.75) is 19.5 Å². The minimum Gasteiger partial charge on any atom is -0.462 e. The van der Waals surface area contributed by atoms with Crippen molar-refractivity contribution < 1.29 is 22.7 Å². The van der Waals surface area contributed by atoms with Crippen LogP contribution in [0.4, 0.5) is 13.2 Å². The molecule has 39 heavy (non-hydrogen) atoms. The summed E-state index contributed by atoms with van der Waals surface area (Å²) in [5.74, 6) is -1.14. The van der Waals surface area contributed by atoms with Gasteiger partial charge in [-0.05, 0) is 65.7 Å².